The molecule has 3 aliphatic carbocycles. The molecule has 3 fully saturated rings. The second kappa shape index (κ2) is 11.9. The van der Waals surface area contributed by atoms with E-state index in [-0.39, 0.29) is 0 Å². The molecule has 31 heavy (non-hydrogen) atoms. The zero-order valence-corrected chi connectivity index (χ0v) is 20.8. The molecule has 0 radical (unpaired) electrons. The van der Waals surface area contributed by atoms with Crippen LogP contribution in [0.1, 0.15) is 134 Å². The Kier molecular flexibility index (Phi) is 8.98. The Morgan fingerprint density at radius 2 is 1.10 bits per heavy atom. The SMILES string of the molecule is CCCC1CCC(c2ccc(CCC3CCC(C4CCC(CC)CC4)CC3)cc2)CC1. The van der Waals surface area contributed by atoms with Crippen molar-refractivity contribution in [3.05, 3.63) is 35.4 Å². The summed E-state index contributed by atoms with van der Waals surface area (Å²) in [7, 11) is 0. The van der Waals surface area contributed by atoms with Gasteiger partial charge in [0.05, 0.1) is 0 Å². The van der Waals surface area contributed by atoms with Gasteiger partial charge in [0.2, 0.25) is 0 Å². The molecule has 0 heteroatoms. The van der Waals surface area contributed by atoms with Crippen LogP contribution in [-0.2, 0) is 6.42 Å². The van der Waals surface area contributed by atoms with Gasteiger partial charge in [0.15, 0.2) is 0 Å². The van der Waals surface area contributed by atoms with Crippen LogP contribution in [0.5, 0.6) is 0 Å². The van der Waals surface area contributed by atoms with E-state index in [1.807, 2.05) is 0 Å². The van der Waals surface area contributed by atoms with Crippen molar-refractivity contribution in [2.45, 2.75) is 129 Å². The van der Waals surface area contributed by atoms with E-state index in [1.165, 1.54) is 96.3 Å². The normalized spacial score (nSPS) is 34.5. The van der Waals surface area contributed by atoms with Gasteiger partial charge < -0.3 is 0 Å². The molecule has 0 atom stereocenters. The minimum Gasteiger partial charge on any atom is -0.0654 e. The van der Waals surface area contributed by atoms with Gasteiger partial charge in [0.25, 0.3) is 0 Å². The number of benzene rings is 1. The van der Waals surface area contributed by atoms with Gasteiger partial charge in [0, 0.05) is 0 Å². The number of aryl methyl sites for hydroxylation is 1. The molecular weight excluding hydrogens is 372 g/mol. The summed E-state index contributed by atoms with van der Waals surface area (Å²) in [5.74, 6) is 6.05. The van der Waals surface area contributed by atoms with Gasteiger partial charge in [-0.05, 0) is 111 Å². The lowest BCUT2D eigenvalue weighted by Gasteiger charge is -2.37. The largest absolute Gasteiger partial charge is 0.0654 e. The molecule has 174 valence electrons. The van der Waals surface area contributed by atoms with E-state index in [4.69, 9.17) is 0 Å². The minimum atomic E-state index is 0.838. The Morgan fingerprint density at radius 3 is 1.65 bits per heavy atom. The zero-order valence-electron chi connectivity index (χ0n) is 20.8. The first kappa shape index (κ1) is 23.4. The van der Waals surface area contributed by atoms with Gasteiger partial charge in [0.1, 0.15) is 0 Å². The fraction of sp³-hybridized carbons (Fsp3) is 0.806. The molecule has 0 aromatic heterocycles. The van der Waals surface area contributed by atoms with Gasteiger partial charge in [-0.25, -0.2) is 0 Å². The van der Waals surface area contributed by atoms with E-state index in [1.54, 1.807) is 24.0 Å². The summed E-state index contributed by atoms with van der Waals surface area (Å²) in [6, 6.07) is 9.88. The Morgan fingerprint density at radius 1 is 0.581 bits per heavy atom. The summed E-state index contributed by atoms with van der Waals surface area (Å²) < 4.78 is 0. The molecule has 1 aromatic carbocycles. The summed E-state index contributed by atoms with van der Waals surface area (Å²) in [5.41, 5.74) is 3.21. The second-order valence-corrected chi connectivity index (χ2v) is 11.8. The molecule has 0 bridgehead atoms. The maximum atomic E-state index is 2.48. The maximum Gasteiger partial charge on any atom is -0.0162 e. The van der Waals surface area contributed by atoms with E-state index in [0.29, 0.717) is 0 Å². The average molecular weight is 423 g/mol. The molecular formula is C31H50. The zero-order chi connectivity index (χ0) is 21.5. The van der Waals surface area contributed by atoms with Crippen LogP contribution in [0.3, 0.4) is 0 Å². The van der Waals surface area contributed by atoms with E-state index in [2.05, 4.69) is 38.1 Å². The van der Waals surface area contributed by atoms with Gasteiger partial charge in [-0.2, -0.15) is 0 Å². The fourth-order valence-electron chi connectivity index (χ4n) is 7.54. The van der Waals surface area contributed by atoms with Gasteiger partial charge in [-0.15, -0.1) is 0 Å². The highest BCUT2D eigenvalue weighted by molar-refractivity contribution is 5.26. The van der Waals surface area contributed by atoms with Gasteiger partial charge >= 0.3 is 0 Å². The molecule has 0 N–H and O–H groups in total. The summed E-state index contributed by atoms with van der Waals surface area (Å²) in [4.78, 5) is 0. The first-order chi connectivity index (χ1) is 15.2. The van der Waals surface area contributed by atoms with Crippen molar-refractivity contribution in [1.29, 1.82) is 0 Å². The molecule has 3 saturated carbocycles. The van der Waals surface area contributed by atoms with E-state index in [9.17, 15) is 0 Å². The minimum absolute atomic E-state index is 0.838. The fourth-order valence-corrected chi connectivity index (χ4v) is 7.54. The Bertz CT molecular complexity index is 604. The van der Waals surface area contributed by atoms with Crippen molar-refractivity contribution < 1.29 is 0 Å². The van der Waals surface area contributed by atoms with Crippen LogP contribution in [0, 0.1) is 29.6 Å². The van der Waals surface area contributed by atoms with Crippen molar-refractivity contribution in [3.63, 3.8) is 0 Å². The number of hydrogen-bond donors (Lipinski definition) is 0. The summed E-state index contributed by atoms with van der Waals surface area (Å²) in [6.45, 7) is 4.73. The molecule has 0 spiro atoms. The van der Waals surface area contributed by atoms with E-state index >= 15 is 0 Å². The predicted molar refractivity (Wildman–Crippen MR) is 136 cm³/mol. The molecule has 0 unspecified atom stereocenters. The van der Waals surface area contributed by atoms with E-state index < -0.39 is 0 Å². The third-order valence-corrected chi connectivity index (χ3v) is 9.86. The maximum absolute atomic E-state index is 2.48. The lowest BCUT2D eigenvalue weighted by Crippen LogP contribution is -2.25. The monoisotopic (exact) mass is 422 g/mol. The lowest BCUT2D eigenvalue weighted by atomic mass is 9.68. The van der Waals surface area contributed by atoms with Crippen molar-refractivity contribution >= 4 is 0 Å². The molecule has 0 heterocycles. The smallest absolute Gasteiger partial charge is 0.0162 e. The van der Waals surface area contributed by atoms with E-state index in [0.717, 1.165) is 35.5 Å². The molecule has 3 aliphatic rings. The molecule has 0 aliphatic heterocycles. The van der Waals surface area contributed by atoms with Crippen LogP contribution in [-0.4, -0.2) is 0 Å². The highest BCUT2D eigenvalue weighted by Crippen LogP contribution is 2.43. The molecule has 4 rings (SSSR count). The van der Waals surface area contributed by atoms with Crippen molar-refractivity contribution in [2.75, 3.05) is 0 Å². The Balaban J connectivity index is 1.15. The Labute approximate surface area is 194 Å². The topological polar surface area (TPSA) is 0 Å². The molecule has 1 aromatic rings. The molecule has 0 nitrogen and oxygen atoms in total. The van der Waals surface area contributed by atoms with Crippen LogP contribution in [0.4, 0.5) is 0 Å². The summed E-state index contributed by atoms with van der Waals surface area (Å²) in [6.07, 6.45) is 25.0. The van der Waals surface area contributed by atoms with Crippen molar-refractivity contribution in [1.82, 2.24) is 0 Å². The predicted octanol–water partition coefficient (Wildman–Crippen LogP) is 9.72. The van der Waals surface area contributed by atoms with Crippen LogP contribution >= 0.6 is 0 Å². The highest BCUT2D eigenvalue weighted by atomic mass is 14.4. The Hall–Kier alpha value is -0.780. The first-order valence-corrected chi connectivity index (χ1v) is 14.3. The van der Waals surface area contributed by atoms with Crippen LogP contribution in [0.2, 0.25) is 0 Å². The average Bonchev–Trinajstić information content (AvgIpc) is 2.84. The van der Waals surface area contributed by atoms with Crippen molar-refractivity contribution in [2.24, 2.45) is 29.6 Å². The molecule has 0 saturated heterocycles. The van der Waals surface area contributed by atoms with Crippen LogP contribution in [0.25, 0.3) is 0 Å². The lowest BCUT2D eigenvalue weighted by molar-refractivity contribution is 0.142. The quantitative estimate of drug-likeness (QED) is 0.391. The third-order valence-electron chi connectivity index (χ3n) is 9.86. The summed E-state index contributed by atoms with van der Waals surface area (Å²) >= 11 is 0. The van der Waals surface area contributed by atoms with Crippen LogP contribution in [0.15, 0.2) is 24.3 Å². The standard InChI is InChI=1S/C31H50/c1-3-5-25-10-18-29(19-11-25)31-22-14-27(15-23-31)7-6-26-12-20-30(21-13-26)28-16-8-24(4-2)9-17-28/h14-15,22-26,28-30H,3-13,16-21H2,1-2H3. The second-order valence-electron chi connectivity index (χ2n) is 11.8. The van der Waals surface area contributed by atoms with Gasteiger partial charge in [-0.1, -0.05) is 83.1 Å². The number of hydrogen-bond acceptors (Lipinski definition) is 0. The first-order valence-electron chi connectivity index (χ1n) is 14.3. The summed E-state index contributed by atoms with van der Waals surface area (Å²) in [5, 5.41) is 0. The number of rotatable bonds is 8. The third kappa shape index (κ3) is 6.61. The highest BCUT2D eigenvalue weighted by Gasteiger charge is 2.30. The molecule has 0 amide bonds. The van der Waals surface area contributed by atoms with Crippen LogP contribution < -0.4 is 0 Å². The van der Waals surface area contributed by atoms with Gasteiger partial charge in [-0.3, -0.25) is 0 Å². The van der Waals surface area contributed by atoms with Crippen molar-refractivity contribution in [3.8, 4) is 0 Å².